The number of carbonyl (C=O) groups excluding carboxylic acids is 1. The number of amides is 2. The molecule has 3 heteroatoms. The summed E-state index contributed by atoms with van der Waals surface area (Å²) in [6.45, 7) is 5.02. The van der Waals surface area contributed by atoms with Gasteiger partial charge in [-0.1, -0.05) is 82.4 Å². The minimum Gasteiger partial charge on any atom is -0.351 e. The monoisotopic (exact) mass is 318 g/mol. The summed E-state index contributed by atoms with van der Waals surface area (Å²) in [5.74, 6) is 0. The lowest BCUT2D eigenvalue weighted by atomic mass is 10.1. The number of benzene rings is 1. The molecule has 0 saturated carbocycles. The first kappa shape index (κ1) is 19.5. The van der Waals surface area contributed by atoms with Gasteiger partial charge in [0.1, 0.15) is 0 Å². The maximum Gasteiger partial charge on any atom is 0.319 e. The second-order valence-electron chi connectivity index (χ2n) is 6.51. The number of carbonyl (C=O) groups is 1. The van der Waals surface area contributed by atoms with Gasteiger partial charge >= 0.3 is 6.03 Å². The molecule has 0 saturated heterocycles. The molecule has 0 radical (unpaired) electrons. The number of hydrogen-bond donors (Lipinski definition) is 1. The number of nitrogens with zero attached hydrogens (tertiary/aromatic N) is 1. The van der Waals surface area contributed by atoms with Crippen LogP contribution in [-0.4, -0.2) is 12.6 Å². The standard InChI is InChI=1S/C20H34N2O/c1-3-4-5-6-7-8-9-10-11-12-17-22(20(21)23)19-15-13-18(2)14-16-19/h13-16H,3-12,17H2,1-2H3,(H2,21,23). The van der Waals surface area contributed by atoms with Crippen LogP contribution in [0, 0.1) is 6.92 Å². The van der Waals surface area contributed by atoms with Gasteiger partial charge in [-0.3, -0.25) is 4.90 Å². The average molecular weight is 319 g/mol. The predicted octanol–water partition coefficient (Wildman–Crippen LogP) is 5.80. The minimum absolute atomic E-state index is 0.357. The molecule has 23 heavy (non-hydrogen) atoms. The van der Waals surface area contributed by atoms with Crippen molar-refractivity contribution >= 4 is 11.7 Å². The highest BCUT2D eigenvalue weighted by molar-refractivity contribution is 5.90. The molecule has 0 heterocycles. The van der Waals surface area contributed by atoms with E-state index in [1.165, 1.54) is 63.4 Å². The largest absolute Gasteiger partial charge is 0.351 e. The molecule has 0 fully saturated rings. The SMILES string of the molecule is CCCCCCCCCCCCN(C(N)=O)c1ccc(C)cc1. The van der Waals surface area contributed by atoms with Crippen LogP contribution in [0.3, 0.4) is 0 Å². The summed E-state index contributed by atoms with van der Waals surface area (Å²) >= 11 is 0. The summed E-state index contributed by atoms with van der Waals surface area (Å²) in [6.07, 6.45) is 13.0. The molecule has 1 aromatic rings. The molecule has 0 aliphatic heterocycles. The van der Waals surface area contributed by atoms with E-state index in [0.29, 0.717) is 0 Å². The van der Waals surface area contributed by atoms with Gasteiger partial charge in [0.15, 0.2) is 0 Å². The third-order valence-corrected chi connectivity index (χ3v) is 4.35. The molecule has 0 aromatic heterocycles. The Bertz CT molecular complexity index is 428. The molecule has 0 unspecified atom stereocenters. The first-order valence-corrected chi connectivity index (χ1v) is 9.28. The lowest BCUT2D eigenvalue weighted by Crippen LogP contribution is -2.36. The van der Waals surface area contributed by atoms with Crippen molar-refractivity contribution < 1.29 is 4.79 Å². The number of aryl methyl sites for hydroxylation is 1. The number of nitrogens with two attached hydrogens (primary N) is 1. The molecule has 0 aliphatic rings. The van der Waals surface area contributed by atoms with Crippen molar-refractivity contribution in [3.05, 3.63) is 29.8 Å². The van der Waals surface area contributed by atoms with E-state index in [0.717, 1.165) is 18.7 Å². The summed E-state index contributed by atoms with van der Waals surface area (Å²) in [5, 5.41) is 0. The Kier molecular flexibility index (Phi) is 10.2. The number of urea groups is 1. The Morgan fingerprint density at radius 1 is 0.870 bits per heavy atom. The first-order valence-electron chi connectivity index (χ1n) is 9.28. The molecule has 2 amide bonds. The maximum atomic E-state index is 11.6. The highest BCUT2D eigenvalue weighted by atomic mass is 16.2. The van der Waals surface area contributed by atoms with Crippen LogP contribution in [0.5, 0.6) is 0 Å². The Balaban J connectivity index is 2.14. The van der Waals surface area contributed by atoms with Gasteiger partial charge in [0.2, 0.25) is 0 Å². The fourth-order valence-electron chi connectivity index (χ4n) is 2.85. The van der Waals surface area contributed by atoms with Crippen molar-refractivity contribution in [1.82, 2.24) is 0 Å². The third kappa shape index (κ3) is 8.63. The zero-order valence-electron chi connectivity index (χ0n) is 15.0. The highest BCUT2D eigenvalue weighted by Gasteiger charge is 2.11. The summed E-state index contributed by atoms with van der Waals surface area (Å²) in [4.78, 5) is 13.3. The van der Waals surface area contributed by atoms with Crippen LogP contribution >= 0.6 is 0 Å². The van der Waals surface area contributed by atoms with Crippen molar-refractivity contribution in [2.24, 2.45) is 5.73 Å². The maximum absolute atomic E-state index is 11.6. The molecule has 0 bridgehead atoms. The van der Waals surface area contributed by atoms with Gasteiger partial charge in [-0.05, 0) is 25.5 Å². The van der Waals surface area contributed by atoms with E-state index < -0.39 is 0 Å². The minimum atomic E-state index is -0.357. The van der Waals surface area contributed by atoms with Crippen molar-refractivity contribution in [3.63, 3.8) is 0 Å². The smallest absolute Gasteiger partial charge is 0.319 e. The van der Waals surface area contributed by atoms with Gasteiger partial charge in [0.05, 0.1) is 0 Å². The zero-order valence-corrected chi connectivity index (χ0v) is 15.0. The Labute approximate surface area is 142 Å². The van der Waals surface area contributed by atoms with Crippen molar-refractivity contribution in [3.8, 4) is 0 Å². The molecular weight excluding hydrogens is 284 g/mol. The molecule has 1 aromatic carbocycles. The molecule has 130 valence electrons. The molecule has 2 N–H and O–H groups in total. The Hall–Kier alpha value is -1.51. The van der Waals surface area contributed by atoms with Gasteiger partial charge in [-0.25, -0.2) is 4.79 Å². The van der Waals surface area contributed by atoms with Crippen LogP contribution in [0.25, 0.3) is 0 Å². The van der Waals surface area contributed by atoms with E-state index in [1.54, 1.807) is 4.90 Å². The molecule has 1 rings (SSSR count). The van der Waals surface area contributed by atoms with E-state index >= 15 is 0 Å². The second-order valence-corrected chi connectivity index (χ2v) is 6.51. The van der Waals surface area contributed by atoms with Crippen LogP contribution in [0.15, 0.2) is 24.3 Å². The Morgan fingerprint density at radius 3 is 1.83 bits per heavy atom. The van der Waals surface area contributed by atoms with Crippen molar-refractivity contribution in [2.45, 2.75) is 78.1 Å². The van der Waals surface area contributed by atoms with Crippen molar-refractivity contribution in [2.75, 3.05) is 11.4 Å². The topological polar surface area (TPSA) is 46.3 Å². The second kappa shape index (κ2) is 12.0. The fourth-order valence-corrected chi connectivity index (χ4v) is 2.85. The number of unbranched alkanes of at least 4 members (excludes halogenated alkanes) is 9. The normalized spacial score (nSPS) is 10.7. The van der Waals surface area contributed by atoms with Gasteiger partial charge in [0, 0.05) is 12.2 Å². The quantitative estimate of drug-likeness (QED) is 0.486. The molecular formula is C20H34N2O. The van der Waals surface area contributed by atoms with E-state index in [9.17, 15) is 4.79 Å². The first-order chi connectivity index (χ1) is 11.1. The molecule has 3 nitrogen and oxygen atoms in total. The molecule has 0 spiro atoms. The van der Waals surface area contributed by atoms with Gasteiger partial charge in [-0.2, -0.15) is 0 Å². The molecule has 0 aliphatic carbocycles. The number of rotatable bonds is 12. The van der Waals surface area contributed by atoms with Crippen molar-refractivity contribution in [1.29, 1.82) is 0 Å². The van der Waals surface area contributed by atoms with Crippen LogP contribution < -0.4 is 10.6 Å². The van der Waals surface area contributed by atoms with Gasteiger partial charge < -0.3 is 5.73 Å². The lowest BCUT2D eigenvalue weighted by Gasteiger charge is -2.20. The predicted molar refractivity (Wildman–Crippen MR) is 100.0 cm³/mol. The summed E-state index contributed by atoms with van der Waals surface area (Å²) in [5.41, 5.74) is 7.61. The van der Waals surface area contributed by atoms with Gasteiger partial charge in [-0.15, -0.1) is 0 Å². The van der Waals surface area contributed by atoms with Crippen LogP contribution in [0.4, 0.5) is 10.5 Å². The third-order valence-electron chi connectivity index (χ3n) is 4.35. The zero-order chi connectivity index (χ0) is 16.9. The van der Waals surface area contributed by atoms with Crippen LogP contribution in [-0.2, 0) is 0 Å². The number of hydrogen-bond acceptors (Lipinski definition) is 1. The van der Waals surface area contributed by atoms with E-state index in [-0.39, 0.29) is 6.03 Å². The highest BCUT2D eigenvalue weighted by Crippen LogP contribution is 2.16. The van der Waals surface area contributed by atoms with E-state index in [2.05, 4.69) is 6.92 Å². The summed E-state index contributed by atoms with van der Waals surface area (Å²) in [6, 6.07) is 7.62. The van der Waals surface area contributed by atoms with Crippen LogP contribution in [0.2, 0.25) is 0 Å². The van der Waals surface area contributed by atoms with Crippen LogP contribution in [0.1, 0.15) is 76.7 Å². The molecule has 0 atom stereocenters. The van der Waals surface area contributed by atoms with E-state index in [1.807, 2.05) is 31.2 Å². The number of primary amides is 1. The van der Waals surface area contributed by atoms with E-state index in [4.69, 9.17) is 5.73 Å². The number of anilines is 1. The summed E-state index contributed by atoms with van der Waals surface area (Å²) in [7, 11) is 0. The fraction of sp³-hybridized carbons (Fsp3) is 0.650. The Morgan fingerprint density at radius 2 is 1.35 bits per heavy atom. The van der Waals surface area contributed by atoms with Gasteiger partial charge in [0.25, 0.3) is 0 Å². The lowest BCUT2D eigenvalue weighted by molar-refractivity contribution is 0.253. The summed E-state index contributed by atoms with van der Waals surface area (Å²) < 4.78 is 0. The average Bonchev–Trinajstić information content (AvgIpc) is 2.53.